The Kier molecular flexibility index (Phi) is 6.66. The molecular weight excluding hydrogens is 454 g/mol. The van der Waals surface area contributed by atoms with E-state index in [9.17, 15) is 14.9 Å². The summed E-state index contributed by atoms with van der Waals surface area (Å²) in [4.78, 5) is 29.6. The summed E-state index contributed by atoms with van der Waals surface area (Å²) in [7, 11) is 1.49. The molecule has 0 aliphatic heterocycles. The van der Waals surface area contributed by atoms with E-state index in [1.807, 2.05) is 12.1 Å². The van der Waals surface area contributed by atoms with Gasteiger partial charge in [-0.15, -0.1) is 0 Å². The Bertz CT molecular complexity index is 1490. The van der Waals surface area contributed by atoms with Crippen LogP contribution in [0.15, 0.2) is 65.0 Å². The molecule has 170 valence electrons. The van der Waals surface area contributed by atoms with E-state index >= 15 is 0 Å². The lowest BCUT2D eigenvalue weighted by molar-refractivity contribution is -0.112. The van der Waals surface area contributed by atoms with Crippen molar-refractivity contribution in [1.82, 2.24) is 14.6 Å². The zero-order valence-corrected chi connectivity index (χ0v) is 19.1. The van der Waals surface area contributed by atoms with Crippen molar-refractivity contribution in [2.24, 2.45) is 0 Å². The molecule has 0 saturated carbocycles. The van der Waals surface area contributed by atoms with Gasteiger partial charge in [0.15, 0.2) is 11.5 Å². The molecule has 4 rings (SSSR count). The summed E-state index contributed by atoms with van der Waals surface area (Å²) >= 11 is 1.32. The van der Waals surface area contributed by atoms with Crippen molar-refractivity contribution in [2.75, 3.05) is 12.4 Å². The van der Waals surface area contributed by atoms with Crippen molar-refractivity contribution in [2.45, 2.75) is 13.5 Å². The van der Waals surface area contributed by atoms with E-state index in [2.05, 4.69) is 15.4 Å². The number of benzene rings is 2. The van der Waals surface area contributed by atoms with Crippen LogP contribution >= 0.6 is 11.3 Å². The molecule has 9 nitrogen and oxygen atoms in total. The molecule has 2 aromatic heterocycles. The van der Waals surface area contributed by atoms with Crippen LogP contribution in [-0.4, -0.2) is 27.6 Å². The first-order valence-corrected chi connectivity index (χ1v) is 10.9. The number of nitrogens with one attached hydrogen (secondary N) is 1. The first-order valence-electron chi connectivity index (χ1n) is 10.1. The number of methoxy groups -OCH3 is 1. The minimum Gasteiger partial charge on any atom is -0.493 e. The molecule has 0 aliphatic rings. The number of rotatable bonds is 7. The smallest absolute Gasteiger partial charge is 0.275 e. The number of amides is 1. The second kappa shape index (κ2) is 9.97. The normalized spacial score (nSPS) is 11.1. The van der Waals surface area contributed by atoms with Crippen LogP contribution in [0.5, 0.6) is 11.5 Å². The fourth-order valence-electron chi connectivity index (χ4n) is 3.11. The molecule has 0 spiro atoms. The minimum atomic E-state index is -0.515. The number of hydrogen-bond acceptors (Lipinski definition) is 8. The first-order chi connectivity index (χ1) is 16.5. The number of fused-ring (bicyclic) bond motifs is 1. The van der Waals surface area contributed by atoms with E-state index in [1.54, 1.807) is 49.4 Å². The third-order valence-corrected chi connectivity index (χ3v) is 5.49. The van der Waals surface area contributed by atoms with Gasteiger partial charge in [-0.05, 0) is 42.8 Å². The number of aromatic nitrogens is 3. The number of carbonyl (C=O) groups is 1. The van der Waals surface area contributed by atoms with Crippen LogP contribution < -0.4 is 20.3 Å². The molecule has 0 saturated heterocycles. The van der Waals surface area contributed by atoms with Crippen LogP contribution in [0.1, 0.15) is 16.3 Å². The van der Waals surface area contributed by atoms with Gasteiger partial charge in [0.1, 0.15) is 23.3 Å². The number of para-hydroxylation sites is 1. The van der Waals surface area contributed by atoms with Crippen LogP contribution in [-0.2, 0) is 11.4 Å². The number of ether oxygens (including phenoxy) is 2. The maximum absolute atomic E-state index is 12.5. The molecule has 0 atom stereocenters. The van der Waals surface area contributed by atoms with E-state index in [4.69, 9.17) is 9.47 Å². The Hall–Kier alpha value is -4.49. The first kappa shape index (κ1) is 22.7. The van der Waals surface area contributed by atoms with Gasteiger partial charge in [-0.3, -0.25) is 9.59 Å². The van der Waals surface area contributed by atoms with Crippen molar-refractivity contribution in [3.05, 3.63) is 86.8 Å². The molecule has 0 unspecified atom stereocenters. The molecule has 1 amide bonds. The van der Waals surface area contributed by atoms with Gasteiger partial charge in [0.05, 0.1) is 12.8 Å². The Labute approximate surface area is 198 Å². The fraction of sp³-hybridized carbons (Fsp3) is 0.125. The SMILES string of the molecule is COc1cc(/C=C(\C#N)C(=O)Nc2ccccc2)ccc1OCc1cc(=O)n2nc(C)sc2n1. The van der Waals surface area contributed by atoms with Crippen molar-refractivity contribution < 1.29 is 14.3 Å². The third kappa shape index (κ3) is 5.11. The summed E-state index contributed by atoms with van der Waals surface area (Å²) in [6, 6.07) is 17.2. The molecule has 0 fully saturated rings. The molecular formula is C24H19N5O4S. The van der Waals surface area contributed by atoms with Crippen LogP contribution in [0.25, 0.3) is 11.0 Å². The monoisotopic (exact) mass is 473 g/mol. The largest absolute Gasteiger partial charge is 0.493 e. The lowest BCUT2D eigenvalue weighted by Crippen LogP contribution is -2.16. The van der Waals surface area contributed by atoms with Crippen LogP contribution in [0.2, 0.25) is 0 Å². The molecule has 2 heterocycles. The van der Waals surface area contributed by atoms with Crippen molar-refractivity contribution in [3.8, 4) is 17.6 Å². The predicted octanol–water partition coefficient (Wildman–Crippen LogP) is 3.59. The molecule has 0 radical (unpaired) electrons. The van der Waals surface area contributed by atoms with Crippen LogP contribution in [0, 0.1) is 18.3 Å². The summed E-state index contributed by atoms with van der Waals surface area (Å²) in [5, 5.41) is 17.0. The Balaban J connectivity index is 1.51. The number of hydrogen-bond donors (Lipinski definition) is 1. The highest BCUT2D eigenvalue weighted by atomic mass is 32.1. The van der Waals surface area contributed by atoms with Gasteiger partial charge in [0.2, 0.25) is 4.96 Å². The summed E-state index contributed by atoms with van der Waals surface area (Å²) in [6.45, 7) is 1.86. The standard InChI is InChI=1S/C24H19N5O4S/c1-15-28-29-22(30)12-19(27-24(29)34-15)14-33-20-9-8-16(11-21(20)32-2)10-17(13-25)23(31)26-18-6-4-3-5-7-18/h3-12H,14H2,1-2H3,(H,26,31)/b17-10+. The highest BCUT2D eigenvalue weighted by Crippen LogP contribution is 2.29. The molecule has 0 aliphatic carbocycles. The van der Waals surface area contributed by atoms with Gasteiger partial charge < -0.3 is 14.8 Å². The number of nitrogens with zero attached hydrogens (tertiary/aromatic N) is 4. The molecule has 0 bridgehead atoms. The van der Waals surface area contributed by atoms with Gasteiger partial charge in [0.25, 0.3) is 11.5 Å². The van der Waals surface area contributed by atoms with Crippen LogP contribution in [0.4, 0.5) is 5.69 Å². The molecule has 10 heteroatoms. The quantitative estimate of drug-likeness (QED) is 0.322. The van der Waals surface area contributed by atoms with E-state index in [0.29, 0.717) is 33.4 Å². The molecule has 1 N–H and O–H groups in total. The van der Waals surface area contributed by atoms with Gasteiger partial charge in [-0.1, -0.05) is 35.6 Å². The van der Waals surface area contributed by atoms with Crippen molar-refractivity contribution in [3.63, 3.8) is 0 Å². The third-order valence-electron chi connectivity index (χ3n) is 4.67. The average molecular weight is 474 g/mol. The zero-order valence-electron chi connectivity index (χ0n) is 18.3. The average Bonchev–Trinajstić information content (AvgIpc) is 3.22. The fourth-order valence-corrected chi connectivity index (χ4v) is 3.87. The minimum absolute atomic E-state index is 0.0527. The second-order valence-electron chi connectivity index (χ2n) is 7.09. The maximum Gasteiger partial charge on any atom is 0.275 e. The lowest BCUT2D eigenvalue weighted by atomic mass is 10.1. The summed E-state index contributed by atoms with van der Waals surface area (Å²) < 4.78 is 12.5. The molecule has 2 aromatic carbocycles. The van der Waals surface area contributed by atoms with Gasteiger partial charge in [-0.2, -0.15) is 14.9 Å². The van der Waals surface area contributed by atoms with Gasteiger partial charge >= 0.3 is 0 Å². The van der Waals surface area contributed by atoms with E-state index in [1.165, 1.54) is 35.1 Å². The lowest BCUT2D eigenvalue weighted by Gasteiger charge is -2.11. The Morgan fingerprint density at radius 2 is 2.00 bits per heavy atom. The van der Waals surface area contributed by atoms with Crippen molar-refractivity contribution in [1.29, 1.82) is 5.26 Å². The molecule has 4 aromatic rings. The molecule has 34 heavy (non-hydrogen) atoms. The number of anilines is 1. The Morgan fingerprint density at radius 1 is 1.21 bits per heavy atom. The van der Waals surface area contributed by atoms with E-state index < -0.39 is 5.91 Å². The van der Waals surface area contributed by atoms with E-state index in [-0.39, 0.29) is 17.7 Å². The zero-order chi connectivity index (χ0) is 24.1. The second-order valence-corrected chi connectivity index (χ2v) is 8.25. The predicted molar refractivity (Wildman–Crippen MR) is 128 cm³/mol. The van der Waals surface area contributed by atoms with E-state index in [0.717, 1.165) is 5.01 Å². The maximum atomic E-state index is 12.5. The topological polar surface area (TPSA) is 119 Å². The number of aryl methyl sites for hydroxylation is 1. The van der Waals surface area contributed by atoms with Gasteiger partial charge in [0, 0.05) is 11.8 Å². The summed E-state index contributed by atoms with van der Waals surface area (Å²) in [5.74, 6) is 0.314. The number of nitriles is 1. The summed E-state index contributed by atoms with van der Waals surface area (Å²) in [6.07, 6.45) is 1.47. The Morgan fingerprint density at radius 3 is 2.74 bits per heavy atom. The summed E-state index contributed by atoms with van der Waals surface area (Å²) in [5.41, 5.74) is 1.30. The van der Waals surface area contributed by atoms with Crippen molar-refractivity contribution >= 4 is 34.0 Å². The highest BCUT2D eigenvalue weighted by molar-refractivity contribution is 7.16. The van der Waals surface area contributed by atoms with Crippen LogP contribution in [0.3, 0.4) is 0 Å². The van der Waals surface area contributed by atoms with Gasteiger partial charge in [-0.25, -0.2) is 4.98 Å². The highest BCUT2D eigenvalue weighted by Gasteiger charge is 2.12. The number of carbonyl (C=O) groups excluding carboxylic acids is 1.